The van der Waals surface area contributed by atoms with Crippen LogP contribution in [0.1, 0.15) is 0 Å². The lowest BCUT2D eigenvalue weighted by Gasteiger charge is -2.33. The molecular weight excluding hydrogens is 134 g/mol. The molecule has 0 spiro atoms. The van der Waals surface area contributed by atoms with Crippen LogP contribution < -0.4 is 5.11 Å². The lowest BCUT2D eigenvalue weighted by molar-refractivity contribution is -0.889. The summed E-state index contributed by atoms with van der Waals surface area (Å²) < 4.78 is 0.179. The number of likely N-dealkylation sites (N-methyl/N-ethyl adjacent to an activating group) is 1. The Morgan fingerprint density at radius 2 is 2.00 bits per heavy atom. The van der Waals surface area contributed by atoms with Crippen molar-refractivity contribution in [3.63, 3.8) is 0 Å². The van der Waals surface area contributed by atoms with Crippen LogP contribution in [0.5, 0.6) is 0 Å². The van der Waals surface area contributed by atoms with Gasteiger partial charge in [0.05, 0.1) is 21.1 Å². The van der Waals surface area contributed by atoms with E-state index in [4.69, 9.17) is 5.11 Å². The maximum Gasteiger partial charge on any atom is 0.152 e. The molecule has 60 valence electrons. The van der Waals surface area contributed by atoms with Crippen LogP contribution in [0.15, 0.2) is 0 Å². The summed E-state index contributed by atoms with van der Waals surface area (Å²) in [7, 11) is 5.07. The normalized spacial score (nSPS) is 14.8. The van der Waals surface area contributed by atoms with Crippen LogP contribution in [0.2, 0.25) is 0 Å². The first-order valence-electron chi connectivity index (χ1n) is 3.02. The van der Waals surface area contributed by atoms with Crippen LogP contribution in [-0.2, 0) is 4.79 Å². The molecule has 0 heterocycles. The average molecular weight is 147 g/mol. The molecule has 0 radical (unpaired) electrons. The highest BCUT2D eigenvalue weighted by Crippen LogP contribution is 1.99. The van der Waals surface area contributed by atoms with Gasteiger partial charge in [0.25, 0.3) is 0 Å². The zero-order chi connectivity index (χ0) is 8.36. The number of carboxylic acid groups (broad SMARTS) is 1. The standard InChI is InChI=1S/C6H13NO3/c1-7(2,3)5(4-8)6(9)10/h5,8H,4H2,1-3H3/t5-/m0/s1. The van der Waals surface area contributed by atoms with E-state index in [-0.39, 0.29) is 11.1 Å². The molecule has 0 aliphatic carbocycles. The molecule has 0 bridgehead atoms. The molecule has 0 aromatic heterocycles. The summed E-state index contributed by atoms with van der Waals surface area (Å²) in [5, 5.41) is 18.9. The van der Waals surface area contributed by atoms with Crippen LogP contribution in [0, 0.1) is 0 Å². The number of aliphatic carboxylic acids is 1. The van der Waals surface area contributed by atoms with Gasteiger partial charge in [0.2, 0.25) is 0 Å². The SMILES string of the molecule is C[N+](C)(C)[C@@H](CO)C(=O)[O-]. The second-order valence-corrected chi connectivity index (χ2v) is 3.13. The summed E-state index contributed by atoms with van der Waals surface area (Å²) in [5.41, 5.74) is 0. The molecule has 1 atom stereocenters. The molecule has 0 rings (SSSR count). The molecule has 0 amide bonds. The smallest absolute Gasteiger partial charge is 0.152 e. The molecule has 0 aromatic rings. The van der Waals surface area contributed by atoms with Gasteiger partial charge in [0, 0.05) is 0 Å². The fourth-order valence-electron chi connectivity index (χ4n) is 0.636. The number of aliphatic hydroxyl groups excluding tert-OH is 1. The molecule has 4 heteroatoms. The van der Waals surface area contributed by atoms with Gasteiger partial charge in [-0.25, -0.2) is 0 Å². The van der Waals surface area contributed by atoms with E-state index in [1.807, 2.05) is 0 Å². The molecule has 1 N–H and O–H groups in total. The highest BCUT2D eigenvalue weighted by molar-refractivity contribution is 5.69. The van der Waals surface area contributed by atoms with Gasteiger partial charge >= 0.3 is 0 Å². The van der Waals surface area contributed by atoms with Crippen LogP contribution in [-0.4, -0.2) is 49.4 Å². The van der Waals surface area contributed by atoms with Gasteiger partial charge in [-0.2, -0.15) is 0 Å². The monoisotopic (exact) mass is 147 g/mol. The molecule has 0 unspecified atom stereocenters. The number of carboxylic acids is 1. The van der Waals surface area contributed by atoms with Crippen LogP contribution in [0.4, 0.5) is 0 Å². The lowest BCUT2D eigenvalue weighted by atomic mass is 10.2. The molecule has 0 aliphatic rings. The van der Waals surface area contributed by atoms with Crippen LogP contribution in [0.25, 0.3) is 0 Å². The summed E-state index contributed by atoms with van der Waals surface area (Å²) in [6, 6.07) is -0.833. The van der Waals surface area contributed by atoms with Crippen molar-refractivity contribution in [2.45, 2.75) is 6.04 Å². The van der Waals surface area contributed by atoms with Crippen molar-refractivity contribution in [1.29, 1.82) is 0 Å². The minimum Gasteiger partial charge on any atom is -0.544 e. The Balaban J connectivity index is 4.22. The van der Waals surface area contributed by atoms with Crippen molar-refractivity contribution in [1.82, 2.24) is 0 Å². The van der Waals surface area contributed by atoms with E-state index < -0.39 is 12.0 Å². The van der Waals surface area contributed by atoms with Gasteiger partial charge in [-0.1, -0.05) is 0 Å². The van der Waals surface area contributed by atoms with Crippen molar-refractivity contribution in [3.05, 3.63) is 0 Å². The number of hydrogen-bond donors (Lipinski definition) is 1. The number of rotatable bonds is 3. The van der Waals surface area contributed by atoms with Gasteiger partial charge in [0.1, 0.15) is 12.6 Å². The van der Waals surface area contributed by atoms with E-state index in [2.05, 4.69) is 0 Å². The highest BCUT2D eigenvalue weighted by Gasteiger charge is 2.23. The van der Waals surface area contributed by atoms with E-state index >= 15 is 0 Å². The van der Waals surface area contributed by atoms with Crippen molar-refractivity contribution >= 4 is 5.97 Å². The Morgan fingerprint density at radius 3 is 2.00 bits per heavy atom. The minimum absolute atomic E-state index is 0.179. The van der Waals surface area contributed by atoms with E-state index in [9.17, 15) is 9.90 Å². The van der Waals surface area contributed by atoms with E-state index in [0.29, 0.717) is 0 Å². The first-order chi connectivity index (χ1) is 4.39. The zero-order valence-corrected chi connectivity index (χ0v) is 6.50. The molecule has 0 aliphatic heterocycles. The first-order valence-corrected chi connectivity index (χ1v) is 3.02. The molecule has 0 saturated carbocycles. The summed E-state index contributed by atoms with van der Waals surface area (Å²) in [5.74, 6) is -1.21. The number of nitrogens with zero attached hydrogens (tertiary/aromatic N) is 1. The molecule has 10 heavy (non-hydrogen) atoms. The van der Waals surface area contributed by atoms with Gasteiger partial charge in [0.15, 0.2) is 6.04 Å². The maximum absolute atomic E-state index is 10.3. The lowest BCUT2D eigenvalue weighted by Crippen LogP contribution is -2.56. The molecule has 0 aromatic carbocycles. The number of hydrogen-bond acceptors (Lipinski definition) is 3. The fraction of sp³-hybridized carbons (Fsp3) is 0.833. The van der Waals surface area contributed by atoms with E-state index in [0.717, 1.165) is 0 Å². The summed E-state index contributed by atoms with van der Waals surface area (Å²) >= 11 is 0. The Labute approximate surface area is 60.3 Å². The summed E-state index contributed by atoms with van der Waals surface area (Å²) in [6.45, 7) is -0.383. The molecule has 4 nitrogen and oxygen atoms in total. The number of carbonyl (C=O) groups excluding carboxylic acids is 1. The predicted molar refractivity (Wildman–Crippen MR) is 33.9 cm³/mol. The Morgan fingerprint density at radius 1 is 1.60 bits per heavy atom. The van der Waals surface area contributed by atoms with Gasteiger partial charge < -0.3 is 19.5 Å². The van der Waals surface area contributed by atoms with E-state index in [1.165, 1.54) is 0 Å². The van der Waals surface area contributed by atoms with Crippen molar-refractivity contribution in [2.75, 3.05) is 27.7 Å². The second-order valence-electron chi connectivity index (χ2n) is 3.13. The van der Waals surface area contributed by atoms with Crippen molar-refractivity contribution < 1.29 is 19.5 Å². The van der Waals surface area contributed by atoms with Gasteiger partial charge in [-0.3, -0.25) is 0 Å². The number of carbonyl (C=O) groups is 1. The van der Waals surface area contributed by atoms with Crippen LogP contribution in [0.3, 0.4) is 0 Å². The highest BCUT2D eigenvalue weighted by atomic mass is 16.4. The second kappa shape index (κ2) is 2.98. The Hall–Kier alpha value is -0.610. The Bertz CT molecular complexity index is 127. The van der Waals surface area contributed by atoms with Gasteiger partial charge in [-0.05, 0) is 0 Å². The average Bonchev–Trinajstić information content (AvgIpc) is 1.60. The van der Waals surface area contributed by atoms with Crippen LogP contribution >= 0.6 is 0 Å². The number of quaternary nitrogens is 1. The third-order valence-electron chi connectivity index (χ3n) is 1.38. The summed E-state index contributed by atoms with van der Waals surface area (Å²) in [6.07, 6.45) is 0. The molecular formula is C6H13NO3. The molecule has 0 saturated heterocycles. The molecule has 0 fully saturated rings. The maximum atomic E-state index is 10.3. The largest absolute Gasteiger partial charge is 0.544 e. The minimum atomic E-state index is -1.21. The Kier molecular flexibility index (Phi) is 2.80. The van der Waals surface area contributed by atoms with Crippen molar-refractivity contribution in [3.8, 4) is 0 Å². The summed E-state index contributed by atoms with van der Waals surface area (Å²) in [4.78, 5) is 10.3. The predicted octanol–water partition coefficient (Wildman–Crippen LogP) is -2.20. The quantitative estimate of drug-likeness (QED) is 0.461. The van der Waals surface area contributed by atoms with Gasteiger partial charge in [-0.15, -0.1) is 0 Å². The van der Waals surface area contributed by atoms with E-state index in [1.54, 1.807) is 21.1 Å². The first kappa shape index (κ1) is 9.39. The number of aliphatic hydroxyl groups is 1. The topological polar surface area (TPSA) is 60.4 Å². The van der Waals surface area contributed by atoms with Crippen molar-refractivity contribution in [2.24, 2.45) is 0 Å². The fourth-order valence-corrected chi connectivity index (χ4v) is 0.636. The third-order valence-corrected chi connectivity index (χ3v) is 1.38. The third kappa shape index (κ3) is 2.33. The zero-order valence-electron chi connectivity index (χ0n) is 6.50.